The van der Waals surface area contributed by atoms with Crippen LogP contribution < -0.4 is 5.73 Å². The van der Waals surface area contributed by atoms with E-state index in [9.17, 15) is 0 Å². The molecule has 0 aliphatic carbocycles. The Labute approximate surface area is 100 Å². The Morgan fingerprint density at radius 1 is 1.44 bits per heavy atom. The van der Waals surface area contributed by atoms with Crippen LogP contribution in [-0.2, 0) is 6.54 Å². The monoisotopic (exact) mass is 241 g/mol. The summed E-state index contributed by atoms with van der Waals surface area (Å²) in [6.07, 6.45) is 0. The van der Waals surface area contributed by atoms with Crippen LogP contribution in [0.15, 0.2) is 0 Å². The van der Waals surface area contributed by atoms with Crippen LogP contribution in [0, 0.1) is 0 Å². The summed E-state index contributed by atoms with van der Waals surface area (Å²) in [5.74, 6) is 0. The van der Waals surface area contributed by atoms with Gasteiger partial charge in [-0.1, -0.05) is 4.49 Å². The van der Waals surface area contributed by atoms with Crippen molar-refractivity contribution < 1.29 is 0 Å². The quantitative estimate of drug-likeness (QED) is 0.823. The Balaban J connectivity index is 2.00. The summed E-state index contributed by atoms with van der Waals surface area (Å²) < 4.78 is 3.87. The normalized spacial score (nSPS) is 22.4. The van der Waals surface area contributed by atoms with Gasteiger partial charge in [-0.15, -0.1) is 5.10 Å². The first-order chi connectivity index (χ1) is 7.49. The standard InChI is InChI=1S/C10H19N5S/c1-10(2)7-15(5-4-14(10)3)6-8-9(11)16-13-12-8/h4-7,11H2,1-3H3. The third-order valence-electron chi connectivity index (χ3n) is 3.35. The molecule has 1 aromatic heterocycles. The molecule has 1 aromatic rings. The predicted octanol–water partition coefficient (Wildman–Crippen LogP) is 0.646. The molecular formula is C10H19N5S. The molecule has 2 heterocycles. The van der Waals surface area contributed by atoms with Crippen LogP contribution in [0.4, 0.5) is 5.00 Å². The largest absolute Gasteiger partial charge is 0.388 e. The van der Waals surface area contributed by atoms with Gasteiger partial charge in [0.15, 0.2) is 0 Å². The first kappa shape index (κ1) is 11.8. The highest BCUT2D eigenvalue weighted by atomic mass is 32.1. The van der Waals surface area contributed by atoms with Crippen molar-refractivity contribution in [1.29, 1.82) is 0 Å². The molecule has 6 heteroatoms. The second-order valence-corrected chi connectivity index (χ2v) is 5.81. The molecule has 1 aliphatic heterocycles. The molecule has 0 spiro atoms. The number of piperazine rings is 1. The Morgan fingerprint density at radius 3 is 2.75 bits per heavy atom. The lowest BCUT2D eigenvalue weighted by Gasteiger charge is -2.45. The van der Waals surface area contributed by atoms with Crippen molar-refractivity contribution in [2.75, 3.05) is 32.4 Å². The molecule has 0 radical (unpaired) electrons. The van der Waals surface area contributed by atoms with E-state index in [1.54, 1.807) is 0 Å². The number of aromatic nitrogens is 2. The minimum Gasteiger partial charge on any atom is -0.388 e. The minimum atomic E-state index is 0.219. The Morgan fingerprint density at radius 2 is 2.19 bits per heavy atom. The van der Waals surface area contributed by atoms with Gasteiger partial charge in [-0.3, -0.25) is 9.80 Å². The summed E-state index contributed by atoms with van der Waals surface area (Å²) in [6.45, 7) is 8.55. The van der Waals surface area contributed by atoms with Crippen LogP contribution in [0.2, 0.25) is 0 Å². The van der Waals surface area contributed by atoms with Crippen LogP contribution in [0.25, 0.3) is 0 Å². The van der Waals surface area contributed by atoms with E-state index < -0.39 is 0 Å². The predicted molar refractivity (Wildman–Crippen MR) is 66.3 cm³/mol. The van der Waals surface area contributed by atoms with E-state index in [2.05, 4.69) is 40.3 Å². The Hall–Kier alpha value is -0.720. The summed E-state index contributed by atoms with van der Waals surface area (Å²) in [7, 11) is 2.18. The van der Waals surface area contributed by atoms with Crippen LogP contribution in [0.5, 0.6) is 0 Å². The Kier molecular flexibility index (Phi) is 3.14. The second-order valence-electron chi connectivity index (χ2n) is 5.03. The SMILES string of the molecule is CN1CCN(Cc2nnsc2N)CC1(C)C. The number of hydrogen-bond acceptors (Lipinski definition) is 6. The zero-order valence-electron chi connectivity index (χ0n) is 10.1. The topological polar surface area (TPSA) is 58.3 Å². The molecule has 0 aromatic carbocycles. The number of anilines is 1. The molecule has 0 bridgehead atoms. The molecule has 5 nitrogen and oxygen atoms in total. The van der Waals surface area contributed by atoms with Crippen LogP contribution in [0.3, 0.4) is 0 Å². The van der Waals surface area contributed by atoms with Gasteiger partial charge in [-0.2, -0.15) is 0 Å². The molecule has 0 atom stereocenters. The van der Waals surface area contributed by atoms with Gasteiger partial charge in [0.25, 0.3) is 0 Å². The van der Waals surface area contributed by atoms with Crippen molar-refractivity contribution in [2.24, 2.45) is 0 Å². The maximum absolute atomic E-state index is 5.81. The molecule has 1 saturated heterocycles. The van der Waals surface area contributed by atoms with Gasteiger partial charge in [0.1, 0.15) is 10.7 Å². The molecule has 1 fully saturated rings. The molecule has 1 aliphatic rings. The average Bonchev–Trinajstić information content (AvgIpc) is 2.58. The first-order valence-electron chi connectivity index (χ1n) is 5.49. The summed E-state index contributed by atoms with van der Waals surface area (Å²) in [4.78, 5) is 4.79. The van der Waals surface area contributed by atoms with Crippen molar-refractivity contribution >= 4 is 16.5 Å². The number of rotatable bonds is 2. The number of nitrogens with two attached hydrogens (primary N) is 1. The number of nitrogens with zero attached hydrogens (tertiary/aromatic N) is 4. The smallest absolute Gasteiger partial charge is 0.132 e. The maximum atomic E-state index is 5.81. The summed E-state index contributed by atoms with van der Waals surface area (Å²) in [5, 5.41) is 4.81. The lowest BCUT2D eigenvalue weighted by atomic mass is 10.00. The number of hydrogen-bond donors (Lipinski definition) is 1. The van der Waals surface area contributed by atoms with Crippen LogP contribution in [0.1, 0.15) is 19.5 Å². The third kappa shape index (κ3) is 2.34. The summed E-state index contributed by atoms with van der Waals surface area (Å²) >= 11 is 1.27. The van der Waals surface area contributed by atoms with Crippen molar-refractivity contribution in [3.8, 4) is 0 Å². The maximum Gasteiger partial charge on any atom is 0.132 e. The van der Waals surface area contributed by atoms with Crippen molar-refractivity contribution in [2.45, 2.75) is 25.9 Å². The van der Waals surface area contributed by atoms with Crippen LogP contribution >= 0.6 is 11.5 Å². The number of likely N-dealkylation sites (N-methyl/N-ethyl adjacent to an activating group) is 1. The van der Waals surface area contributed by atoms with Gasteiger partial charge in [0, 0.05) is 43.3 Å². The van der Waals surface area contributed by atoms with Crippen molar-refractivity contribution in [1.82, 2.24) is 19.4 Å². The van der Waals surface area contributed by atoms with E-state index in [4.69, 9.17) is 5.73 Å². The van der Waals surface area contributed by atoms with E-state index in [-0.39, 0.29) is 5.54 Å². The summed E-state index contributed by atoms with van der Waals surface area (Å²) in [6, 6.07) is 0. The van der Waals surface area contributed by atoms with Gasteiger partial charge >= 0.3 is 0 Å². The first-order valence-corrected chi connectivity index (χ1v) is 6.27. The van der Waals surface area contributed by atoms with Crippen molar-refractivity contribution in [3.63, 3.8) is 0 Å². The molecule has 2 N–H and O–H groups in total. The molecule has 90 valence electrons. The highest BCUT2D eigenvalue weighted by Crippen LogP contribution is 2.22. The molecule has 0 amide bonds. The fraction of sp³-hybridized carbons (Fsp3) is 0.800. The van der Waals surface area contributed by atoms with E-state index in [0.29, 0.717) is 0 Å². The van der Waals surface area contributed by atoms with Crippen molar-refractivity contribution in [3.05, 3.63) is 5.69 Å². The van der Waals surface area contributed by atoms with Crippen LogP contribution in [-0.4, -0.2) is 51.6 Å². The van der Waals surface area contributed by atoms with Gasteiger partial charge in [-0.05, 0) is 20.9 Å². The van der Waals surface area contributed by atoms with E-state index >= 15 is 0 Å². The fourth-order valence-corrected chi connectivity index (χ4v) is 2.45. The molecule has 16 heavy (non-hydrogen) atoms. The third-order valence-corrected chi connectivity index (χ3v) is 3.95. The molecule has 0 unspecified atom stereocenters. The summed E-state index contributed by atoms with van der Waals surface area (Å²) in [5.41, 5.74) is 6.95. The zero-order chi connectivity index (χ0) is 11.8. The number of nitrogen functional groups attached to an aromatic ring is 1. The van der Waals surface area contributed by atoms with Gasteiger partial charge < -0.3 is 5.73 Å². The van der Waals surface area contributed by atoms with Gasteiger partial charge in [-0.25, -0.2) is 0 Å². The minimum absolute atomic E-state index is 0.219. The fourth-order valence-electron chi connectivity index (χ4n) is 2.01. The molecular weight excluding hydrogens is 222 g/mol. The zero-order valence-corrected chi connectivity index (χ0v) is 10.9. The lowest BCUT2D eigenvalue weighted by Crippen LogP contribution is -2.57. The Bertz CT molecular complexity index is 362. The highest BCUT2D eigenvalue weighted by Gasteiger charge is 2.31. The van der Waals surface area contributed by atoms with Gasteiger partial charge in [0.05, 0.1) is 0 Å². The second kappa shape index (κ2) is 4.27. The molecule has 0 saturated carbocycles. The van der Waals surface area contributed by atoms with Gasteiger partial charge in [0.2, 0.25) is 0 Å². The average molecular weight is 241 g/mol. The molecule has 2 rings (SSSR count). The van der Waals surface area contributed by atoms with E-state index in [0.717, 1.165) is 36.9 Å². The lowest BCUT2D eigenvalue weighted by molar-refractivity contribution is 0.0355. The van der Waals surface area contributed by atoms with E-state index in [1.807, 2.05) is 0 Å². The highest BCUT2D eigenvalue weighted by molar-refractivity contribution is 7.09. The van der Waals surface area contributed by atoms with E-state index in [1.165, 1.54) is 11.5 Å².